The van der Waals surface area contributed by atoms with Crippen LogP contribution in [0, 0.1) is 11.3 Å². The largest absolute Gasteiger partial charge is 0.480 e. The molecule has 1 saturated carbocycles. The van der Waals surface area contributed by atoms with E-state index in [1.165, 1.54) is 4.90 Å². The minimum atomic E-state index is -1.06. The topological polar surface area (TPSA) is 87.2 Å². The lowest BCUT2D eigenvalue weighted by atomic mass is 9.84. The number of carbonyl (C=O) groups is 3. The minimum Gasteiger partial charge on any atom is -0.480 e. The molecule has 0 unspecified atom stereocenters. The Kier molecular flexibility index (Phi) is 6.90. The molecular formula is C22H38N2O5. The van der Waals surface area contributed by atoms with Crippen molar-refractivity contribution in [3.05, 3.63) is 0 Å². The quantitative estimate of drug-likeness (QED) is 0.762. The molecule has 0 bridgehead atoms. The van der Waals surface area contributed by atoms with Crippen molar-refractivity contribution in [1.29, 1.82) is 0 Å². The third-order valence-electron chi connectivity index (χ3n) is 5.84. The Labute approximate surface area is 174 Å². The first-order valence-corrected chi connectivity index (χ1v) is 10.8. The van der Waals surface area contributed by atoms with Crippen LogP contribution in [0.3, 0.4) is 0 Å². The Morgan fingerprint density at radius 1 is 0.966 bits per heavy atom. The molecule has 29 heavy (non-hydrogen) atoms. The van der Waals surface area contributed by atoms with Gasteiger partial charge in [0.1, 0.15) is 11.6 Å². The summed E-state index contributed by atoms with van der Waals surface area (Å²) in [7, 11) is 0. The van der Waals surface area contributed by atoms with Gasteiger partial charge >= 0.3 is 12.1 Å². The fraction of sp³-hybridized carbons (Fsp3) is 0.864. The third kappa shape index (κ3) is 5.86. The monoisotopic (exact) mass is 410 g/mol. The van der Waals surface area contributed by atoms with Crippen LogP contribution in [-0.4, -0.2) is 63.1 Å². The summed E-state index contributed by atoms with van der Waals surface area (Å²) >= 11 is 0. The second-order valence-corrected chi connectivity index (χ2v) is 10.8. The van der Waals surface area contributed by atoms with Gasteiger partial charge in [0.05, 0.1) is 6.04 Å². The molecular weight excluding hydrogens is 372 g/mol. The maximum atomic E-state index is 13.4. The molecule has 2 fully saturated rings. The SMILES string of the molecule is CC1CCC(N(C(=O)C(C)(C)C)[C@H]2C[C@@H](C(=O)O)N(C(=O)OC(C)(C)C)C2)CC1. The van der Waals surface area contributed by atoms with E-state index in [1.54, 1.807) is 20.8 Å². The van der Waals surface area contributed by atoms with Crippen molar-refractivity contribution in [2.24, 2.45) is 11.3 Å². The summed E-state index contributed by atoms with van der Waals surface area (Å²) in [4.78, 5) is 41.1. The molecule has 0 aromatic heterocycles. The first kappa shape index (κ1) is 23.5. The number of nitrogens with zero attached hydrogens (tertiary/aromatic N) is 2. The molecule has 1 N–H and O–H groups in total. The molecule has 166 valence electrons. The summed E-state index contributed by atoms with van der Waals surface area (Å²) in [6.07, 6.45) is 3.57. The molecule has 1 saturated heterocycles. The highest BCUT2D eigenvalue weighted by Crippen LogP contribution is 2.35. The molecule has 0 aromatic rings. The molecule has 2 aliphatic rings. The average Bonchev–Trinajstić information content (AvgIpc) is 3.00. The van der Waals surface area contributed by atoms with E-state index < -0.39 is 29.1 Å². The zero-order valence-corrected chi connectivity index (χ0v) is 19.0. The Hall–Kier alpha value is -1.79. The van der Waals surface area contributed by atoms with Gasteiger partial charge in [-0.3, -0.25) is 9.69 Å². The predicted molar refractivity (Wildman–Crippen MR) is 110 cm³/mol. The normalized spacial score (nSPS) is 28.2. The van der Waals surface area contributed by atoms with E-state index in [-0.39, 0.29) is 31.0 Å². The van der Waals surface area contributed by atoms with Crippen LogP contribution in [0.2, 0.25) is 0 Å². The highest BCUT2D eigenvalue weighted by atomic mass is 16.6. The van der Waals surface area contributed by atoms with Crippen LogP contribution in [0.5, 0.6) is 0 Å². The number of amides is 2. The van der Waals surface area contributed by atoms with E-state index in [1.807, 2.05) is 25.7 Å². The number of hydrogen-bond donors (Lipinski definition) is 1. The maximum absolute atomic E-state index is 13.4. The van der Waals surface area contributed by atoms with E-state index in [2.05, 4.69) is 6.92 Å². The van der Waals surface area contributed by atoms with Crippen LogP contribution >= 0.6 is 0 Å². The molecule has 2 atom stereocenters. The van der Waals surface area contributed by atoms with Gasteiger partial charge in [0, 0.05) is 24.4 Å². The second-order valence-electron chi connectivity index (χ2n) is 10.8. The molecule has 0 spiro atoms. The smallest absolute Gasteiger partial charge is 0.411 e. The minimum absolute atomic E-state index is 0.0252. The molecule has 2 rings (SSSR count). The Morgan fingerprint density at radius 3 is 1.97 bits per heavy atom. The number of carboxylic acid groups (broad SMARTS) is 1. The van der Waals surface area contributed by atoms with Crippen molar-refractivity contribution < 1.29 is 24.2 Å². The molecule has 1 aliphatic heterocycles. The van der Waals surface area contributed by atoms with E-state index in [0.717, 1.165) is 25.7 Å². The van der Waals surface area contributed by atoms with Gasteiger partial charge in [-0.1, -0.05) is 27.7 Å². The van der Waals surface area contributed by atoms with Crippen LogP contribution < -0.4 is 0 Å². The molecule has 0 radical (unpaired) electrons. The number of likely N-dealkylation sites (tertiary alicyclic amines) is 1. The third-order valence-corrected chi connectivity index (χ3v) is 5.84. The lowest BCUT2D eigenvalue weighted by Crippen LogP contribution is -2.53. The Bertz CT molecular complexity index is 626. The molecule has 1 heterocycles. The maximum Gasteiger partial charge on any atom is 0.411 e. The molecule has 2 amide bonds. The zero-order chi connectivity index (χ0) is 22.1. The van der Waals surface area contributed by atoms with Crippen molar-refractivity contribution >= 4 is 18.0 Å². The fourth-order valence-electron chi connectivity index (χ4n) is 4.31. The summed E-state index contributed by atoms with van der Waals surface area (Å²) in [6.45, 7) is 13.4. The predicted octanol–water partition coefficient (Wildman–Crippen LogP) is 3.90. The summed E-state index contributed by atoms with van der Waals surface area (Å²) in [6, 6.07) is -1.20. The van der Waals surface area contributed by atoms with Crippen LogP contribution in [0.4, 0.5) is 4.79 Å². The Balaban J connectivity index is 2.29. The first-order chi connectivity index (χ1) is 13.2. The van der Waals surface area contributed by atoms with Crippen LogP contribution in [0.1, 0.15) is 80.6 Å². The highest BCUT2D eigenvalue weighted by Gasteiger charge is 2.47. The van der Waals surface area contributed by atoms with Gasteiger partial charge in [0.25, 0.3) is 0 Å². The van der Waals surface area contributed by atoms with Gasteiger partial charge in [0.2, 0.25) is 5.91 Å². The molecule has 7 heteroatoms. The van der Waals surface area contributed by atoms with Gasteiger partial charge < -0.3 is 14.7 Å². The number of rotatable bonds is 3. The summed E-state index contributed by atoms with van der Waals surface area (Å²) in [5, 5.41) is 9.72. The molecule has 0 aromatic carbocycles. The van der Waals surface area contributed by atoms with Crippen LogP contribution in [0.15, 0.2) is 0 Å². The van der Waals surface area contributed by atoms with Crippen LogP contribution in [-0.2, 0) is 14.3 Å². The van der Waals surface area contributed by atoms with E-state index in [0.29, 0.717) is 5.92 Å². The first-order valence-electron chi connectivity index (χ1n) is 10.8. The number of carboxylic acids is 1. The van der Waals surface area contributed by atoms with Gasteiger partial charge in [-0.2, -0.15) is 0 Å². The van der Waals surface area contributed by atoms with E-state index in [4.69, 9.17) is 4.74 Å². The van der Waals surface area contributed by atoms with Gasteiger partial charge in [-0.25, -0.2) is 9.59 Å². The van der Waals surface area contributed by atoms with E-state index >= 15 is 0 Å². The number of aliphatic carboxylic acids is 1. The summed E-state index contributed by atoms with van der Waals surface area (Å²) in [5.41, 5.74) is -1.28. The van der Waals surface area contributed by atoms with Gasteiger partial charge in [-0.15, -0.1) is 0 Å². The second kappa shape index (κ2) is 8.52. The van der Waals surface area contributed by atoms with Gasteiger partial charge in [-0.05, 0) is 52.4 Å². The fourth-order valence-corrected chi connectivity index (χ4v) is 4.31. The number of hydrogen-bond acceptors (Lipinski definition) is 4. The lowest BCUT2D eigenvalue weighted by Gasteiger charge is -2.42. The van der Waals surface area contributed by atoms with Crippen LogP contribution in [0.25, 0.3) is 0 Å². The number of ether oxygens (including phenoxy) is 1. The Morgan fingerprint density at radius 2 is 1.52 bits per heavy atom. The highest BCUT2D eigenvalue weighted by molar-refractivity contribution is 5.84. The zero-order valence-electron chi connectivity index (χ0n) is 19.0. The van der Waals surface area contributed by atoms with Gasteiger partial charge in [0.15, 0.2) is 0 Å². The van der Waals surface area contributed by atoms with Crippen molar-refractivity contribution in [3.63, 3.8) is 0 Å². The van der Waals surface area contributed by atoms with Crippen molar-refractivity contribution in [3.8, 4) is 0 Å². The number of carbonyl (C=O) groups excluding carboxylic acids is 2. The van der Waals surface area contributed by atoms with Crippen molar-refractivity contribution in [2.75, 3.05) is 6.54 Å². The average molecular weight is 411 g/mol. The summed E-state index contributed by atoms with van der Waals surface area (Å²) < 4.78 is 5.44. The lowest BCUT2D eigenvalue weighted by molar-refractivity contribution is -0.146. The standard InChI is InChI=1S/C22H38N2O5/c1-14-8-10-15(11-9-14)24(19(27)21(2,3)4)16-12-17(18(25)26)23(13-16)20(28)29-22(5,6)7/h14-17H,8-13H2,1-7H3,(H,25,26)/t14?,15?,16-,17-/m0/s1. The van der Waals surface area contributed by atoms with E-state index in [9.17, 15) is 19.5 Å². The molecule has 1 aliphatic carbocycles. The molecule has 7 nitrogen and oxygen atoms in total. The van der Waals surface area contributed by atoms with Crippen molar-refractivity contribution in [1.82, 2.24) is 9.80 Å². The van der Waals surface area contributed by atoms with Crippen molar-refractivity contribution in [2.45, 2.75) is 104 Å². The summed E-state index contributed by atoms with van der Waals surface area (Å²) in [5.74, 6) is -0.387.